The average molecular weight is 708 g/mol. The van der Waals surface area contributed by atoms with Gasteiger partial charge >= 0.3 is 16.4 Å². The number of oxime groups is 1. The Bertz CT molecular complexity index is 1700. The molecule has 260 valence electrons. The van der Waals surface area contributed by atoms with Crippen molar-refractivity contribution in [3.8, 4) is 5.75 Å². The Morgan fingerprint density at radius 3 is 2.71 bits per heavy atom. The Morgan fingerprint density at radius 2 is 2.02 bits per heavy atom. The predicted molar refractivity (Wildman–Crippen MR) is 173 cm³/mol. The number of Topliss-reactive ketones (excluding diaryl/α,β-unsaturated/α-hetero) is 1. The Labute approximate surface area is 280 Å². The molecule has 1 aromatic carbocycles. The van der Waals surface area contributed by atoms with E-state index in [1.807, 2.05) is 23.1 Å². The molecule has 3 aliphatic heterocycles. The Hall–Kier alpha value is -4.53. The molecule has 4 heterocycles. The summed E-state index contributed by atoms with van der Waals surface area (Å²) >= 11 is 1.06. The molecule has 0 unspecified atom stereocenters. The molecule has 2 aromatic rings. The minimum atomic E-state index is -4.94. The maximum atomic E-state index is 13.4. The first-order valence-corrected chi connectivity index (χ1v) is 17.4. The van der Waals surface area contributed by atoms with E-state index in [4.69, 9.17) is 31.5 Å². The van der Waals surface area contributed by atoms with Crippen molar-refractivity contribution in [1.82, 2.24) is 19.1 Å². The Kier molecular flexibility index (Phi) is 11.0. The number of aliphatic imine (C=N–C) groups is 1. The van der Waals surface area contributed by atoms with Crippen LogP contribution in [0.2, 0.25) is 0 Å². The molecular weight excluding hydrogens is 670 g/mol. The highest BCUT2D eigenvalue weighted by molar-refractivity contribution is 7.84. The zero-order valence-electron chi connectivity index (χ0n) is 25.9. The van der Waals surface area contributed by atoms with E-state index in [2.05, 4.69) is 15.1 Å². The number of fused-ring (bicyclic) bond motifs is 1. The molecule has 5 rings (SSSR count). The number of hydrogen-bond donors (Lipinski definition) is 4. The number of carbonyl (C=O) groups is 3. The second-order valence-corrected chi connectivity index (χ2v) is 13.3. The van der Waals surface area contributed by atoms with Crippen LogP contribution in [0.15, 0.2) is 33.7 Å². The van der Waals surface area contributed by atoms with Gasteiger partial charge in [0.15, 0.2) is 29.2 Å². The standard InChI is InChI=1S/C28H37N9O9S2/c29-5-1-6-32-26(30)35-7-4-17-12-19(3-2-18(17)14-35)44-10-11-46-34-24(21-16-47-27(31)33-21)23(38)13-20-22(15-36-8-9-45-28(36)40)37(25(20)39)48(41,42)43/h2-3,12,16,20,22H,1,4-11,13-15,29H2,(H2,30,32)(H2,31,33)(H,41,42,43)/b34-24-/t20-,22+/m0/s1. The first-order chi connectivity index (χ1) is 23.0. The van der Waals surface area contributed by atoms with Crippen molar-refractivity contribution in [3.05, 3.63) is 40.4 Å². The van der Waals surface area contributed by atoms with Crippen LogP contribution >= 0.6 is 11.3 Å². The fourth-order valence-corrected chi connectivity index (χ4v) is 7.01. The lowest BCUT2D eigenvalue weighted by Gasteiger charge is -2.45. The third-order valence-corrected chi connectivity index (χ3v) is 9.61. The van der Waals surface area contributed by atoms with Crippen LogP contribution in [0.5, 0.6) is 5.75 Å². The van der Waals surface area contributed by atoms with Crippen LogP contribution in [0.25, 0.3) is 0 Å². The van der Waals surface area contributed by atoms with Gasteiger partial charge in [0.2, 0.25) is 5.91 Å². The van der Waals surface area contributed by atoms with Crippen molar-refractivity contribution in [2.24, 2.45) is 27.5 Å². The number of β-lactam (4-membered cyclic amide) rings is 1. The van der Waals surface area contributed by atoms with Crippen LogP contribution in [-0.4, -0.2) is 120 Å². The van der Waals surface area contributed by atoms with Gasteiger partial charge in [-0.15, -0.1) is 11.3 Å². The molecule has 0 saturated carbocycles. The van der Waals surface area contributed by atoms with Crippen molar-refractivity contribution in [2.45, 2.75) is 31.8 Å². The molecule has 48 heavy (non-hydrogen) atoms. The molecule has 2 saturated heterocycles. The highest BCUT2D eigenvalue weighted by Gasteiger charge is 2.55. The maximum Gasteiger partial charge on any atom is 0.410 e. The van der Waals surface area contributed by atoms with Gasteiger partial charge < -0.3 is 41.3 Å². The number of anilines is 1. The Morgan fingerprint density at radius 1 is 1.21 bits per heavy atom. The summed E-state index contributed by atoms with van der Waals surface area (Å²) in [7, 11) is -4.94. The van der Waals surface area contributed by atoms with E-state index in [0.717, 1.165) is 41.9 Å². The summed E-state index contributed by atoms with van der Waals surface area (Å²) < 4.78 is 44.3. The van der Waals surface area contributed by atoms with Crippen LogP contribution < -0.4 is 21.9 Å². The zero-order valence-corrected chi connectivity index (χ0v) is 27.5. The van der Waals surface area contributed by atoms with E-state index in [9.17, 15) is 27.4 Å². The van der Waals surface area contributed by atoms with Gasteiger partial charge in [0.25, 0.3) is 0 Å². The topological polar surface area (TPSA) is 259 Å². The highest BCUT2D eigenvalue weighted by Crippen LogP contribution is 2.34. The monoisotopic (exact) mass is 707 g/mol. The van der Waals surface area contributed by atoms with Crippen molar-refractivity contribution in [2.75, 3.05) is 58.3 Å². The third kappa shape index (κ3) is 8.12. The SMILES string of the molecule is NCCCN=C(N)N1CCc2cc(OCCO/N=C(\C(=O)C[C@@H]3C(=O)N(S(=O)(=O)O)[C@@H]3CN3CCOC3=O)c3csc(N)n3)ccc2C1. The molecule has 0 spiro atoms. The normalized spacial score (nSPS) is 20.0. The second-order valence-electron chi connectivity index (χ2n) is 11.2. The number of hydrogen-bond acceptors (Lipinski definition) is 14. The van der Waals surface area contributed by atoms with Gasteiger partial charge in [-0.25, -0.2) is 14.1 Å². The van der Waals surface area contributed by atoms with Gasteiger partial charge in [0, 0.05) is 38.0 Å². The summed E-state index contributed by atoms with van der Waals surface area (Å²) in [6.07, 6.45) is 0.346. The summed E-state index contributed by atoms with van der Waals surface area (Å²) in [5, 5.41) is 5.62. The van der Waals surface area contributed by atoms with Gasteiger partial charge in [-0.3, -0.25) is 19.1 Å². The van der Waals surface area contributed by atoms with Crippen molar-refractivity contribution < 1.29 is 41.7 Å². The zero-order chi connectivity index (χ0) is 34.4. The van der Waals surface area contributed by atoms with Crippen molar-refractivity contribution in [3.63, 3.8) is 0 Å². The number of aromatic nitrogens is 1. The van der Waals surface area contributed by atoms with Gasteiger partial charge in [0.1, 0.15) is 24.7 Å². The van der Waals surface area contributed by atoms with Crippen LogP contribution in [0, 0.1) is 5.92 Å². The fourth-order valence-electron chi connectivity index (χ4n) is 5.54. The largest absolute Gasteiger partial charge is 0.490 e. The Balaban J connectivity index is 1.19. The van der Waals surface area contributed by atoms with Crippen molar-refractivity contribution in [1.29, 1.82) is 0 Å². The van der Waals surface area contributed by atoms with Crippen LogP contribution in [0.4, 0.5) is 9.93 Å². The minimum absolute atomic E-state index is 0.0460. The summed E-state index contributed by atoms with van der Waals surface area (Å²) in [6, 6.07) is 4.57. The van der Waals surface area contributed by atoms with Crippen LogP contribution in [-0.2, 0) is 42.4 Å². The number of ketones is 1. The molecule has 1 aromatic heterocycles. The third-order valence-electron chi connectivity index (χ3n) is 7.98. The predicted octanol–water partition coefficient (Wildman–Crippen LogP) is -0.412. The summed E-state index contributed by atoms with van der Waals surface area (Å²) in [5.41, 5.74) is 19.5. The number of nitrogens with zero attached hydrogens (tertiary/aromatic N) is 6. The van der Waals surface area contributed by atoms with Gasteiger partial charge in [-0.05, 0) is 42.6 Å². The lowest BCUT2D eigenvalue weighted by Crippen LogP contribution is -2.66. The van der Waals surface area contributed by atoms with Gasteiger partial charge in [0.05, 0.1) is 18.5 Å². The van der Waals surface area contributed by atoms with Crippen molar-refractivity contribution >= 4 is 56.2 Å². The number of ether oxygens (including phenoxy) is 2. The molecule has 0 aliphatic carbocycles. The lowest BCUT2D eigenvalue weighted by molar-refractivity contribution is -0.149. The lowest BCUT2D eigenvalue weighted by atomic mass is 9.84. The number of thiazole rings is 1. The molecule has 2 fully saturated rings. The van der Waals surface area contributed by atoms with E-state index in [1.165, 1.54) is 10.3 Å². The molecule has 2 atom stereocenters. The van der Waals surface area contributed by atoms with E-state index < -0.39 is 46.5 Å². The molecule has 0 radical (unpaired) electrons. The number of amides is 2. The number of guanidine groups is 1. The fraction of sp³-hybridized carbons (Fsp3) is 0.500. The molecular formula is C28H37N9O9S2. The number of rotatable bonds is 15. The van der Waals surface area contributed by atoms with Gasteiger partial charge in [-0.1, -0.05) is 11.2 Å². The first-order valence-electron chi connectivity index (χ1n) is 15.1. The molecule has 2 amide bonds. The maximum absolute atomic E-state index is 13.4. The van der Waals surface area contributed by atoms with E-state index in [-0.39, 0.29) is 53.8 Å². The average Bonchev–Trinajstić information content (AvgIpc) is 3.67. The highest BCUT2D eigenvalue weighted by atomic mass is 32.2. The number of nitrogen functional groups attached to an aromatic ring is 1. The van der Waals surface area contributed by atoms with Gasteiger partial charge in [-0.2, -0.15) is 8.42 Å². The van der Waals surface area contributed by atoms with Crippen LogP contribution in [0.1, 0.15) is 29.7 Å². The summed E-state index contributed by atoms with van der Waals surface area (Å²) in [4.78, 5) is 55.2. The van der Waals surface area contributed by atoms with Crippen LogP contribution in [0.3, 0.4) is 0 Å². The minimum Gasteiger partial charge on any atom is -0.490 e. The number of nitrogens with two attached hydrogens (primary N) is 3. The quantitative estimate of drug-likeness (QED) is 0.0458. The second kappa shape index (κ2) is 15.1. The molecule has 7 N–H and O–H groups in total. The molecule has 20 heteroatoms. The number of benzene rings is 1. The summed E-state index contributed by atoms with van der Waals surface area (Å²) in [5.74, 6) is -1.72. The van der Waals surface area contributed by atoms with E-state index in [0.29, 0.717) is 31.3 Å². The molecule has 18 nitrogen and oxygen atoms in total. The molecule has 3 aliphatic rings. The smallest absolute Gasteiger partial charge is 0.410 e. The summed E-state index contributed by atoms with van der Waals surface area (Å²) in [6.45, 7) is 2.54. The molecule has 0 bridgehead atoms. The number of cyclic esters (lactones) is 1. The van der Waals surface area contributed by atoms with E-state index >= 15 is 0 Å². The number of carbonyl (C=O) groups excluding carboxylic acids is 3. The first kappa shape index (κ1) is 34.8. The van der Waals surface area contributed by atoms with E-state index in [1.54, 1.807) is 0 Å².